The molecule has 0 radical (unpaired) electrons. The van der Waals surface area contributed by atoms with E-state index in [0.717, 1.165) is 25.7 Å². The molecule has 0 fully saturated rings. The number of carbonyl (C=O) groups is 2. The van der Waals surface area contributed by atoms with E-state index in [1.807, 2.05) is 0 Å². The third-order valence-electron chi connectivity index (χ3n) is 7.29. The zero-order chi connectivity index (χ0) is 29.8. The van der Waals surface area contributed by atoms with Gasteiger partial charge in [0.25, 0.3) is 0 Å². The van der Waals surface area contributed by atoms with Crippen molar-refractivity contribution in [3.05, 3.63) is 24.3 Å². The van der Waals surface area contributed by atoms with Crippen molar-refractivity contribution >= 4 is 11.9 Å². The maximum Gasteiger partial charge on any atom is 2.00 e. The SMILES string of the molecule is CCCCC=CCCCCCCCCCCCC(=O)[O-].CCCCC=CCCCCCCCCCCCC(=O)[O-].[Zn+2]. The first-order chi connectivity index (χ1) is 19.5. The number of carbonyl (C=O) groups excluding carboxylic acids is 2. The van der Waals surface area contributed by atoms with E-state index >= 15 is 0 Å². The van der Waals surface area contributed by atoms with E-state index in [2.05, 4.69) is 38.2 Å². The Labute approximate surface area is 268 Å². The third-order valence-corrected chi connectivity index (χ3v) is 7.29. The second-order valence-corrected chi connectivity index (χ2v) is 11.4. The van der Waals surface area contributed by atoms with Crippen LogP contribution in [0.5, 0.6) is 0 Å². The van der Waals surface area contributed by atoms with E-state index in [9.17, 15) is 19.8 Å². The van der Waals surface area contributed by atoms with Gasteiger partial charge in [0, 0.05) is 11.9 Å². The summed E-state index contributed by atoms with van der Waals surface area (Å²) in [7, 11) is 0. The molecule has 0 saturated heterocycles. The molecule has 0 aromatic carbocycles. The van der Waals surface area contributed by atoms with Crippen molar-refractivity contribution in [3.8, 4) is 0 Å². The maximum atomic E-state index is 10.2. The first kappa shape index (κ1) is 44.5. The van der Waals surface area contributed by atoms with Crippen molar-refractivity contribution in [2.24, 2.45) is 0 Å². The van der Waals surface area contributed by atoms with Gasteiger partial charge in [-0.05, 0) is 64.2 Å². The number of carboxylic acid groups (broad SMARTS) is 2. The standard InChI is InChI=1S/2C18H34O2.Zn/c2*1-2-3-4-5-6-7-8-9-10-11-12-13-14-15-16-17-18(19)20;/h2*5-6H,2-4,7-17H2,1H3,(H,19,20);/q;;+2/p-2. The van der Waals surface area contributed by atoms with Crippen LogP contribution in [0.15, 0.2) is 24.3 Å². The fourth-order valence-electron chi connectivity index (χ4n) is 4.65. The summed E-state index contributed by atoms with van der Waals surface area (Å²) in [6, 6.07) is 0. The zero-order valence-corrected chi connectivity index (χ0v) is 30.4. The quantitative estimate of drug-likeness (QED) is 0.0451. The molecule has 5 heteroatoms. The third kappa shape index (κ3) is 49.1. The number of unbranched alkanes of at least 4 members (excludes halogenated alkanes) is 22. The van der Waals surface area contributed by atoms with Crippen molar-refractivity contribution in [1.29, 1.82) is 0 Å². The molecule has 0 aliphatic heterocycles. The number of rotatable bonds is 30. The van der Waals surface area contributed by atoms with Crippen LogP contribution in [0.2, 0.25) is 0 Å². The number of aliphatic carboxylic acids is 2. The number of allylic oxidation sites excluding steroid dienone is 4. The Morgan fingerprint density at radius 1 is 0.390 bits per heavy atom. The van der Waals surface area contributed by atoms with Gasteiger partial charge in [0.2, 0.25) is 0 Å². The Morgan fingerprint density at radius 2 is 0.610 bits per heavy atom. The van der Waals surface area contributed by atoms with Gasteiger partial charge in [0.1, 0.15) is 0 Å². The zero-order valence-electron chi connectivity index (χ0n) is 27.4. The predicted molar refractivity (Wildman–Crippen MR) is 169 cm³/mol. The molecule has 41 heavy (non-hydrogen) atoms. The molecule has 0 N–H and O–H groups in total. The van der Waals surface area contributed by atoms with Gasteiger partial charge in [0.15, 0.2) is 0 Å². The summed E-state index contributed by atoms with van der Waals surface area (Å²) in [5, 5.41) is 20.4. The monoisotopic (exact) mass is 626 g/mol. The first-order valence-electron chi connectivity index (χ1n) is 17.2. The molecule has 0 saturated carbocycles. The normalized spacial score (nSPS) is 11.0. The van der Waals surface area contributed by atoms with Crippen LogP contribution in [-0.2, 0) is 29.1 Å². The maximum absolute atomic E-state index is 10.2. The Morgan fingerprint density at radius 3 is 0.854 bits per heavy atom. The minimum atomic E-state index is -0.909. The molecule has 0 atom stereocenters. The Balaban J connectivity index is -0.000000688. The second kappa shape index (κ2) is 41.2. The van der Waals surface area contributed by atoms with Gasteiger partial charge in [-0.15, -0.1) is 0 Å². The van der Waals surface area contributed by atoms with Gasteiger partial charge in [0.05, 0.1) is 0 Å². The Bertz CT molecular complexity index is 524. The van der Waals surface area contributed by atoms with E-state index in [-0.39, 0.29) is 32.3 Å². The van der Waals surface area contributed by atoms with Crippen LogP contribution in [0.4, 0.5) is 0 Å². The molecule has 0 aromatic rings. The van der Waals surface area contributed by atoms with Crippen LogP contribution in [0.3, 0.4) is 0 Å². The van der Waals surface area contributed by atoms with Crippen LogP contribution in [0.1, 0.15) is 194 Å². The van der Waals surface area contributed by atoms with Crippen molar-refractivity contribution in [2.75, 3.05) is 0 Å². The summed E-state index contributed by atoms with van der Waals surface area (Å²) in [6.45, 7) is 4.47. The molecule has 0 bridgehead atoms. The summed E-state index contributed by atoms with van der Waals surface area (Å²) in [4.78, 5) is 20.4. The van der Waals surface area contributed by atoms with E-state index in [1.54, 1.807) is 0 Å². The van der Waals surface area contributed by atoms with Gasteiger partial charge in [-0.2, -0.15) is 0 Å². The Kier molecular flexibility index (Phi) is 44.7. The summed E-state index contributed by atoms with van der Waals surface area (Å²) >= 11 is 0. The molecular formula is C36H66O4Zn. The van der Waals surface area contributed by atoms with Crippen molar-refractivity contribution in [3.63, 3.8) is 0 Å². The fraction of sp³-hybridized carbons (Fsp3) is 0.833. The van der Waals surface area contributed by atoms with Crippen molar-refractivity contribution in [1.82, 2.24) is 0 Å². The first-order valence-corrected chi connectivity index (χ1v) is 17.2. The van der Waals surface area contributed by atoms with Gasteiger partial charge in [-0.3, -0.25) is 0 Å². The van der Waals surface area contributed by atoms with Gasteiger partial charge < -0.3 is 19.8 Å². The average molecular weight is 628 g/mol. The molecule has 0 amide bonds. The molecule has 0 aliphatic rings. The van der Waals surface area contributed by atoms with Crippen LogP contribution < -0.4 is 10.2 Å². The smallest absolute Gasteiger partial charge is 0.550 e. The topological polar surface area (TPSA) is 80.3 Å². The summed E-state index contributed by atoms with van der Waals surface area (Å²) < 4.78 is 0. The van der Waals surface area contributed by atoms with Crippen LogP contribution in [-0.4, -0.2) is 11.9 Å². The van der Waals surface area contributed by atoms with E-state index in [1.165, 1.54) is 141 Å². The van der Waals surface area contributed by atoms with Crippen molar-refractivity contribution < 1.29 is 39.3 Å². The fourth-order valence-corrected chi connectivity index (χ4v) is 4.65. The number of carboxylic acids is 2. The second-order valence-electron chi connectivity index (χ2n) is 11.4. The van der Waals surface area contributed by atoms with Crippen LogP contribution in [0.25, 0.3) is 0 Å². The van der Waals surface area contributed by atoms with Gasteiger partial charge >= 0.3 is 19.5 Å². The number of hydrogen-bond acceptors (Lipinski definition) is 4. The molecule has 0 spiro atoms. The molecule has 0 aliphatic carbocycles. The van der Waals surface area contributed by atoms with E-state index in [4.69, 9.17) is 0 Å². The van der Waals surface area contributed by atoms with Gasteiger partial charge in [-0.1, -0.05) is 154 Å². The van der Waals surface area contributed by atoms with Crippen molar-refractivity contribution in [2.45, 2.75) is 194 Å². The molecule has 4 nitrogen and oxygen atoms in total. The van der Waals surface area contributed by atoms with E-state index in [0.29, 0.717) is 0 Å². The molecule has 236 valence electrons. The predicted octanol–water partition coefficient (Wildman–Crippen LogP) is 9.55. The minimum Gasteiger partial charge on any atom is -0.550 e. The minimum absolute atomic E-state index is 0. The van der Waals surface area contributed by atoms with Crippen LogP contribution >= 0.6 is 0 Å². The van der Waals surface area contributed by atoms with Crippen LogP contribution in [0, 0.1) is 0 Å². The Hall–Kier alpha value is -0.957. The summed E-state index contributed by atoms with van der Waals surface area (Å²) in [5.74, 6) is -1.82. The molecule has 0 rings (SSSR count). The molecular weight excluding hydrogens is 562 g/mol. The van der Waals surface area contributed by atoms with E-state index < -0.39 is 11.9 Å². The largest absolute Gasteiger partial charge is 2.00 e. The molecule has 0 heterocycles. The number of hydrogen-bond donors (Lipinski definition) is 0. The molecule has 0 unspecified atom stereocenters. The average Bonchev–Trinajstić information content (AvgIpc) is 2.93. The molecule has 0 aromatic heterocycles. The summed E-state index contributed by atoms with van der Waals surface area (Å²) in [6.07, 6.45) is 41.8. The van der Waals surface area contributed by atoms with Gasteiger partial charge in [-0.25, -0.2) is 0 Å². The summed E-state index contributed by atoms with van der Waals surface area (Å²) in [5.41, 5.74) is 0.